The molecule has 0 amide bonds. The molecule has 27 heavy (non-hydrogen) atoms. The van der Waals surface area contributed by atoms with Crippen molar-refractivity contribution >= 4 is 5.97 Å². The summed E-state index contributed by atoms with van der Waals surface area (Å²) >= 11 is 0. The second kappa shape index (κ2) is 5.82. The SMILES string of the molecule is CC1C2c3ccccc3C(c3ccccc32)C1(C)C(=O)Oc1ccccc1. The Morgan fingerprint density at radius 3 is 1.81 bits per heavy atom. The zero-order valence-electron chi connectivity index (χ0n) is 15.6. The lowest BCUT2D eigenvalue weighted by Gasteiger charge is -2.54. The van der Waals surface area contributed by atoms with E-state index in [-0.39, 0.29) is 23.7 Å². The summed E-state index contributed by atoms with van der Waals surface area (Å²) in [5.41, 5.74) is 4.65. The average molecular weight is 354 g/mol. The van der Waals surface area contributed by atoms with E-state index in [2.05, 4.69) is 62.4 Å². The highest BCUT2D eigenvalue weighted by atomic mass is 16.5. The van der Waals surface area contributed by atoms with Crippen molar-refractivity contribution in [3.8, 4) is 5.75 Å². The fraction of sp³-hybridized carbons (Fsp3) is 0.240. The van der Waals surface area contributed by atoms with Gasteiger partial charge in [-0.25, -0.2) is 0 Å². The van der Waals surface area contributed by atoms with Crippen LogP contribution in [0, 0.1) is 11.3 Å². The molecule has 0 heterocycles. The van der Waals surface area contributed by atoms with Gasteiger partial charge in [0, 0.05) is 11.8 Å². The van der Waals surface area contributed by atoms with Crippen LogP contribution in [0.4, 0.5) is 0 Å². The highest BCUT2D eigenvalue weighted by Crippen LogP contribution is 2.63. The molecule has 3 aromatic carbocycles. The molecular weight excluding hydrogens is 332 g/mol. The molecule has 2 nitrogen and oxygen atoms in total. The molecule has 2 bridgehead atoms. The van der Waals surface area contributed by atoms with E-state index in [1.807, 2.05) is 30.3 Å². The first-order valence-corrected chi connectivity index (χ1v) is 9.57. The van der Waals surface area contributed by atoms with Crippen LogP contribution in [0.5, 0.6) is 5.75 Å². The average Bonchev–Trinajstić information content (AvgIpc) is 2.71. The van der Waals surface area contributed by atoms with E-state index in [1.165, 1.54) is 22.3 Å². The van der Waals surface area contributed by atoms with Gasteiger partial charge in [0.05, 0.1) is 5.41 Å². The molecule has 3 aromatic rings. The van der Waals surface area contributed by atoms with Crippen LogP contribution in [0.3, 0.4) is 0 Å². The van der Waals surface area contributed by atoms with Crippen molar-refractivity contribution in [3.63, 3.8) is 0 Å². The summed E-state index contributed by atoms with van der Waals surface area (Å²) in [5.74, 6) is 0.861. The summed E-state index contributed by atoms with van der Waals surface area (Å²) in [5, 5.41) is 0. The first kappa shape index (κ1) is 16.3. The first-order valence-electron chi connectivity index (χ1n) is 9.57. The fourth-order valence-corrected chi connectivity index (χ4v) is 5.25. The van der Waals surface area contributed by atoms with Crippen molar-refractivity contribution in [2.45, 2.75) is 25.7 Å². The third kappa shape index (κ3) is 2.16. The van der Waals surface area contributed by atoms with E-state index < -0.39 is 5.41 Å². The lowest BCUT2D eigenvalue weighted by Crippen LogP contribution is -2.52. The molecule has 0 fully saturated rings. The Hall–Kier alpha value is -2.87. The molecule has 0 saturated heterocycles. The Bertz CT molecular complexity index is 976. The van der Waals surface area contributed by atoms with Gasteiger partial charge in [0.25, 0.3) is 0 Å². The van der Waals surface area contributed by atoms with Crippen LogP contribution >= 0.6 is 0 Å². The number of ether oxygens (including phenoxy) is 1. The first-order chi connectivity index (χ1) is 13.1. The van der Waals surface area contributed by atoms with Crippen LogP contribution in [0.2, 0.25) is 0 Å². The van der Waals surface area contributed by atoms with E-state index in [0.29, 0.717) is 5.75 Å². The zero-order chi connectivity index (χ0) is 18.6. The predicted molar refractivity (Wildman–Crippen MR) is 106 cm³/mol. The number of fused-ring (bicyclic) bond motifs is 1. The van der Waals surface area contributed by atoms with E-state index in [9.17, 15) is 4.79 Å². The quantitative estimate of drug-likeness (QED) is 0.447. The molecule has 0 N–H and O–H groups in total. The number of hydrogen-bond acceptors (Lipinski definition) is 2. The van der Waals surface area contributed by atoms with Gasteiger partial charge in [-0.15, -0.1) is 0 Å². The minimum atomic E-state index is -0.608. The lowest BCUT2D eigenvalue weighted by molar-refractivity contribution is -0.150. The van der Waals surface area contributed by atoms with Crippen molar-refractivity contribution < 1.29 is 9.53 Å². The number of carbonyl (C=O) groups is 1. The van der Waals surface area contributed by atoms with Crippen molar-refractivity contribution in [2.24, 2.45) is 11.3 Å². The number of esters is 1. The van der Waals surface area contributed by atoms with Crippen LogP contribution in [0.1, 0.15) is 47.9 Å². The van der Waals surface area contributed by atoms with Crippen LogP contribution in [0.15, 0.2) is 78.9 Å². The molecule has 0 spiro atoms. The minimum Gasteiger partial charge on any atom is -0.426 e. The number of benzene rings is 3. The number of rotatable bonds is 2. The molecule has 0 saturated carbocycles. The maximum atomic E-state index is 13.5. The maximum Gasteiger partial charge on any atom is 0.318 e. The molecule has 2 heteroatoms. The van der Waals surface area contributed by atoms with Gasteiger partial charge in [0.2, 0.25) is 0 Å². The van der Waals surface area contributed by atoms with Gasteiger partial charge in [-0.2, -0.15) is 0 Å². The summed E-state index contributed by atoms with van der Waals surface area (Å²) in [7, 11) is 0. The van der Waals surface area contributed by atoms with Gasteiger partial charge in [-0.1, -0.05) is 73.7 Å². The monoisotopic (exact) mass is 354 g/mol. The highest BCUT2D eigenvalue weighted by Gasteiger charge is 2.59. The lowest BCUT2D eigenvalue weighted by atomic mass is 9.48. The molecule has 134 valence electrons. The predicted octanol–water partition coefficient (Wildman–Crippen LogP) is 5.53. The second-order valence-corrected chi connectivity index (χ2v) is 7.94. The largest absolute Gasteiger partial charge is 0.426 e. The van der Waals surface area contributed by atoms with E-state index in [1.54, 1.807) is 0 Å². The van der Waals surface area contributed by atoms with Gasteiger partial charge in [0.15, 0.2) is 0 Å². The Labute approximate surface area is 159 Å². The van der Waals surface area contributed by atoms with Crippen LogP contribution in [0.25, 0.3) is 0 Å². The Morgan fingerprint density at radius 2 is 1.26 bits per heavy atom. The summed E-state index contributed by atoms with van der Waals surface area (Å²) < 4.78 is 5.87. The van der Waals surface area contributed by atoms with Crippen molar-refractivity contribution in [1.82, 2.24) is 0 Å². The van der Waals surface area contributed by atoms with Crippen molar-refractivity contribution in [1.29, 1.82) is 0 Å². The van der Waals surface area contributed by atoms with Crippen LogP contribution in [-0.4, -0.2) is 5.97 Å². The van der Waals surface area contributed by atoms with Crippen molar-refractivity contribution in [2.75, 3.05) is 0 Å². The van der Waals surface area contributed by atoms with Gasteiger partial charge < -0.3 is 4.74 Å². The minimum absolute atomic E-state index is 0.0149. The normalized spacial score (nSPS) is 27.6. The van der Waals surface area contributed by atoms with Gasteiger partial charge in [-0.05, 0) is 47.2 Å². The Morgan fingerprint density at radius 1 is 0.778 bits per heavy atom. The smallest absolute Gasteiger partial charge is 0.318 e. The third-order valence-electron chi connectivity index (χ3n) is 6.72. The molecular formula is C25H22O2. The number of para-hydroxylation sites is 1. The fourth-order valence-electron chi connectivity index (χ4n) is 5.25. The summed E-state index contributed by atoms with van der Waals surface area (Å²) in [6, 6.07) is 26.6. The van der Waals surface area contributed by atoms with Crippen LogP contribution in [-0.2, 0) is 4.79 Å². The number of hydrogen-bond donors (Lipinski definition) is 0. The van der Waals surface area contributed by atoms with Crippen LogP contribution < -0.4 is 4.74 Å². The Kier molecular flexibility index (Phi) is 3.51. The second-order valence-electron chi connectivity index (χ2n) is 7.94. The summed E-state index contributed by atoms with van der Waals surface area (Å²) in [6.07, 6.45) is 0. The molecule has 2 atom stereocenters. The maximum absolute atomic E-state index is 13.5. The van der Waals surface area contributed by atoms with Gasteiger partial charge in [0.1, 0.15) is 5.75 Å². The summed E-state index contributed by atoms with van der Waals surface area (Å²) in [6.45, 7) is 4.29. The molecule has 6 rings (SSSR count). The molecule has 2 unspecified atom stereocenters. The molecule has 3 aliphatic carbocycles. The van der Waals surface area contributed by atoms with Gasteiger partial charge >= 0.3 is 5.97 Å². The molecule has 0 radical (unpaired) electrons. The molecule has 0 aliphatic heterocycles. The van der Waals surface area contributed by atoms with Gasteiger partial charge in [-0.3, -0.25) is 4.79 Å². The van der Waals surface area contributed by atoms with E-state index >= 15 is 0 Å². The van der Waals surface area contributed by atoms with E-state index in [0.717, 1.165) is 0 Å². The topological polar surface area (TPSA) is 26.3 Å². The zero-order valence-corrected chi connectivity index (χ0v) is 15.6. The summed E-state index contributed by atoms with van der Waals surface area (Å²) in [4.78, 5) is 13.5. The van der Waals surface area contributed by atoms with E-state index in [4.69, 9.17) is 4.74 Å². The van der Waals surface area contributed by atoms with Crippen molar-refractivity contribution in [3.05, 3.63) is 101 Å². The standard InChI is InChI=1S/C25H22O2/c1-16-22-18-12-6-8-14-20(18)23(21-15-9-7-13-19(21)22)25(16,2)24(26)27-17-10-4-3-5-11-17/h3-16,22-23H,1-2H3. The number of carbonyl (C=O) groups excluding carboxylic acids is 1. The third-order valence-corrected chi connectivity index (χ3v) is 6.72. The molecule has 3 aliphatic rings. The Balaban J connectivity index is 1.67. The molecule has 0 aromatic heterocycles. The highest BCUT2D eigenvalue weighted by molar-refractivity contribution is 5.84.